The fraction of sp³-hybridized carbons (Fsp3) is 0.370. The van der Waals surface area contributed by atoms with E-state index >= 15 is 0 Å². The molecular formula is C27H28F2N6O4. The zero-order valence-electron chi connectivity index (χ0n) is 21.8. The molecule has 0 spiro atoms. The van der Waals surface area contributed by atoms with Gasteiger partial charge in [-0.3, -0.25) is 4.68 Å². The molecule has 0 radical (unpaired) electrons. The van der Waals surface area contributed by atoms with Crippen molar-refractivity contribution < 1.29 is 27.6 Å². The molecule has 1 unspecified atom stereocenters. The molecule has 0 bridgehead atoms. The summed E-state index contributed by atoms with van der Waals surface area (Å²) in [6.45, 7) is 6.27. The van der Waals surface area contributed by atoms with Crippen LogP contribution in [0.25, 0.3) is 22.9 Å². The molecule has 12 heteroatoms. The largest absolute Gasteiger partial charge is 0.470 e. The van der Waals surface area contributed by atoms with E-state index in [4.69, 9.17) is 14.0 Å². The molecule has 4 heterocycles. The lowest BCUT2D eigenvalue weighted by molar-refractivity contribution is 0.00675. The summed E-state index contributed by atoms with van der Waals surface area (Å²) in [6, 6.07) is 9.70. The second kappa shape index (κ2) is 10.8. The molecule has 3 aromatic heterocycles. The fourth-order valence-electron chi connectivity index (χ4n) is 4.23. The molecule has 0 N–H and O–H groups in total. The van der Waals surface area contributed by atoms with Crippen molar-refractivity contribution in [2.45, 2.75) is 51.9 Å². The minimum atomic E-state index is -0.740. The van der Waals surface area contributed by atoms with Gasteiger partial charge in [0, 0.05) is 18.2 Å². The molecule has 1 aromatic carbocycles. The average molecular weight is 539 g/mol. The third-order valence-electron chi connectivity index (χ3n) is 6.01. The molecule has 4 aromatic rings. The van der Waals surface area contributed by atoms with E-state index in [1.54, 1.807) is 60.7 Å². The summed E-state index contributed by atoms with van der Waals surface area (Å²) in [7, 11) is 0. The molecule has 1 saturated heterocycles. The van der Waals surface area contributed by atoms with Crippen molar-refractivity contribution in [3.05, 3.63) is 66.1 Å². The lowest BCUT2D eigenvalue weighted by Gasteiger charge is -2.33. The summed E-state index contributed by atoms with van der Waals surface area (Å²) in [5.41, 5.74) is 1.13. The SMILES string of the molecule is CC(C)(C)OC(=O)N1CCCC(Oc2nc(-c3cc(-c4ccon4)n(Cc4ccccc4F)n3)ncc2F)C1. The average Bonchev–Trinajstić information content (AvgIpc) is 3.56. The zero-order valence-corrected chi connectivity index (χ0v) is 21.8. The third-order valence-corrected chi connectivity index (χ3v) is 6.01. The molecule has 1 aliphatic heterocycles. The monoisotopic (exact) mass is 538 g/mol. The quantitative estimate of drug-likeness (QED) is 0.334. The van der Waals surface area contributed by atoms with Gasteiger partial charge in [-0.15, -0.1) is 0 Å². The number of hydrogen-bond donors (Lipinski definition) is 0. The first-order valence-corrected chi connectivity index (χ1v) is 12.6. The minimum absolute atomic E-state index is 0.113. The number of nitrogens with zero attached hydrogens (tertiary/aromatic N) is 6. The number of halogens is 2. The number of ether oxygens (including phenoxy) is 2. The maximum absolute atomic E-state index is 14.7. The van der Waals surface area contributed by atoms with Crippen molar-refractivity contribution in [2.24, 2.45) is 0 Å². The molecule has 10 nitrogen and oxygen atoms in total. The Bertz CT molecular complexity index is 1450. The summed E-state index contributed by atoms with van der Waals surface area (Å²) in [5, 5.41) is 8.53. The topological polar surface area (TPSA) is 108 Å². The van der Waals surface area contributed by atoms with Crippen LogP contribution in [0.4, 0.5) is 13.6 Å². The summed E-state index contributed by atoms with van der Waals surface area (Å²) in [5.74, 6) is -1.25. The molecule has 5 rings (SSSR count). The lowest BCUT2D eigenvalue weighted by Crippen LogP contribution is -2.46. The van der Waals surface area contributed by atoms with Crippen LogP contribution in [0.15, 0.2) is 53.4 Å². The number of rotatable bonds is 6. The molecule has 0 saturated carbocycles. The van der Waals surface area contributed by atoms with E-state index in [1.165, 1.54) is 12.3 Å². The Morgan fingerprint density at radius 3 is 2.72 bits per heavy atom. The van der Waals surface area contributed by atoms with Gasteiger partial charge in [0.2, 0.25) is 5.82 Å². The van der Waals surface area contributed by atoms with E-state index in [0.29, 0.717) is 42.0 Å². The maximum Gasteiger partial charge on any atom is 0.410 e. The first-order valence-electron chi connectivity index (χ1n) is 12.6. The summed E-state index contributed by atoms with van der Waals surface area (Å²) < 4.78 is 47.0. The molecule has 204 valence electrons. The van der Waals surface area contributed by atoms with Crippen LogP contribution in [-0.2, 0) is 11.3 Å². The third kappa shape index (κ3) is 6.21. The van der Waals surface area contributed by atoms with Crippen LogP contribution in [0.1, 0.15) is 39.2 Å². The Morgan fingerprint density at radius 1 is 1.15 bits per heavy atom. The van der Waals surface area contributed by atoms with Crippen LogP contribution in [0.3, 0.4) is 0 Å². The van der Waals surface area contributed by atoms with Gasteiger partial charge in [-0.25, -0.2) is 14.2 Å². The smallest absolute Gasteiger partial charge is 0.410 e. The highest BCUT2D eigenvalue weighted by atomic mass is 19.1. The van der Waals surface area contributed by atoms with Gasteiger partial charge in [-0.1, -0.05) is 23.4 Å². The van der Waals surface area contributed by atoms with Crippen LogP contribution in [0, 0.1) is 11.6 Å². The van der Waals surface area contributed by atoms with Crippen LogP contribution in [0.5, 0.6) is 5.88 Å². The number of carbonyl (C=O) groups is 1. The lowest BCUT2D eigenvalue weighted by atomic mass is 10.1. The highest BCUT2D eigenvalue weighted by Crippen LogP contribution is 2.27. The van der Waals surface area contributed by atoms with Crippen LogP contribution in [-0.4, -0.2) is 60.7 Å². The van der Waals surface area contributed by atoms with E-state index in [0.717, 1.165) is 6.20 Å². The Hall–Kier alpha value is -4.35. The van der Waals surface area contributed by atoms with Crippen molar-refractivity contribution in [1.82, 2.24) is 29.8 Å². The molecule has 1 amide bonds. The first-order chi connectivity index (χ1) is 18.7. The molecular weight excluding hydrogens is 510 g/mol. The van der Waals surface area contributed by atoms with Gasteiger partial charge in [0.1, 0.15) is 35.2 Å². The number of benzene rings is 1. The Morgan fingerprint density at radius 2 is 1.97 bits per heavy atom. The van der Waals surface area contributed by atoms with Crippen molar-refractivity contribution in [2.75, 3.05) is 13.1 Å². The Labute approximate surface area is 223 Å². The van der Waals surface area contributed by atoms with Gasteiger partial charge in [-0.2, -0.15) is 14.5 Å². The van der Waals surface area contributed by atoms with Crippen molar-refractivity contribution in [3.63, 3.8) is 0 Å². The van der Waals surface area contributed by atoms with Gasteiger partial charge < -0.3 is 18.9 Å². The van der Waals surface area contributed by atoms with Crippen LogP contribution < -0.4 is 4.74 Å². The van der Waals surface area contributed by atoms with Gasteiger partial charge in [0.05, 0.1) is 25.0 Å². The van der Waals surface area contributed by atoms with Gasteiger partial charge in [0.25, 0.3) is 5.88 Å². The van der Waals surface area contributed by atoms with Gasteiger partial charge in [0.15, 0.2) is 5.82 Å². The summed E-state index contributed by atoms with van der Waals surface area (Å²) in [4.78, 5) is 22.4. The molecule has 0 aliphatic carbocycles. The second-order valence-electron chi connectivity index (χ2n) is 10.2. The Balaban J connectivity index is 1.39. The number of aromatic nitrogens is 5. The van der Waals surface area contributed by atoms with Crippen molar-refractivity contribution in [1.29, 1.82) is 0 Å². The number of amides is 1. The van der Waals surface area contributed by atoms with E-state index in [1.807, 2.05) is 0 Å². The number of likely N-dealkylation sites (tertiary alicyclic amines) is 1. The Kier molecular flexibility index (Phi) is 7.27. The zero-order chi connectivity index (χ0) is 27.6. The highest BCUT2D eigenvalue weighted by molar-refractivity contribution is 5.68. The minimum Gasteiger partial charge on any atom is -0.470 e. The summed E-state index contributed by atoms with van der Waals surface area (Å²) >= 11 is 0. The predicted molar refractivity (Wildman–Crippen MR) is 136 cm³/mol. The van der Waals surface area contributed by atoms with Crippen molar-refractivity contribution >= 4 is 6.09 Å². The van der Waals surface area contributed by atoms with Crippen LogP contribution >= 0.6 is 0 Å². The number of carbonyl (C=O) groups excluding carboxylic acids is 1. The number of piperidine rings is 1. The normalized spacial score (nSPS) is 15.8. The van der Waals surface area contributed by atoms with E-state index < -0.39 is 23.6 Å². The number of hydrogen-bond acceptors (Lipinski definition) is 8. The van der Waals surface area contributed by atoms with Gasteiger partial charge in [-0.05, 0) is 45.7 Å². The van der Waals surface area contributed by atoms with E-state index in [9.17, 15) is 13.6 Å². The van der Waals surface area contributed by atoms with E-state index in [2.05, 4.69) is 20.2 Å². The molecule has 1 aliphatic rings. The van der Waals surface area contributed by atoms with Crippen LogP contribution in [0.2, 0.25) is 0 Å². The molecule has 39 heavy (non-hydrogen) atoms. The molecule has 1 fully saturated rings. The summed E-state index contributed by atoms with van der Waals surface area (Å²) in [6.07, 6.45) is 2.79. The molecule has 1 atom stereocenters. The van der Waals surface area contributed by atoms with Gasteiger partial charge >= 0.3 is 6.09 Å². The van der Waals surface area contributed by atoms with Crippen molar-refractivity contribution in [3.8, 4) is 28.8 Å². The van der Waals surface area contributed by atoms with E-state index in [-0.39, 0.29) is 30.6 Å². The predicted octanol–water partition coefficient (Wildman–Crippen LogP) is 5.10. The maximum atomic E-state index is 14.7. The first kappa shape index (κ1) is 26.3. The second-order valence-corrected chi connectivity index (χ2v) is 10.2. The fourth-order valence-corrected chi connectivity index (χ4v) is 4.23. The standard InChI is InChI=1S/C27H28F2N6O4/c1-27(2,3)39-26(36)34-11-6-8-18(16-34)38-25-20(29)14-30-24(31-25)22-13-23(21-10-12-37-33-21)35(32-22)15-17-7-4-5-9-19(17)28/h4-5,7,9-10,12-14,18H,6,8,11,15-16H2,1-3H3. The highest BCUT2D eigenvalue weighted by Gasteiger charge is 2.29.